The zero-order valence-electron chi connectivity index (χ0n) is 19.9. The second-order valence-corrected chi connectivity index (χ2v) is 9.42. The van der Waals surface area contributed by atoms with Crippen LogP contribution in [-0.2, 0) is 22.6 Å². The molecule has 0 bridgehead atoms. The van der Waals surface area contributed by atoms with Gasteiger partial charge in [-0.2, -0.15) is 0 Å². The van der Waals surface area contributed by atoms with Crippen molar-refractivity contribution in [2.75, 3.05) is 6.54 Å². The second-order valence-electron chi connectivity index (χ2n) is 8.98. The first-order chi connectivity index (χ1) is 17.0. The predicted molar refractivity (Wildman–Crippen MR) is 137 cm³/mol. The van der Waals surface area contributed by atoms with E-state index >= 15 is 4.39 Å². The summed E-state index contributed by atoms with van der Waals surface area (Å²) in [6.07, 6.45) is 4.15. The monoisotopic (exact) mass is 495 g/mol. The van der Waals surface area contributed by atoms with Crippen LogP contribution in [0.1, 0.15) is 43.7 Å². The molecule has 0 unspecified atom stereocenters. The maximum atomic E-state index is 15.2. The molecule has 6 heteroatoms. The minimum atomic E-state index is -0.313. The van der Waals surface area contributed by atoms with Crippen molar-refractivity contribution in [1.82, 2.24) is 5.32 Å². The van der Waals surface area contributed by atoms with Crippen LogP contribution in [0.25, 0.3) is 11.1 Å². The summed E-state index contributed by atoms with van der Waals surface area (Å²) in [6.45, 7) is 2.41. The number of benzene rings is 3. The van der Waals surface area contributed by atoms with Gasteiger partial charge in [0.15, 0.2) is 0 Å². The van der Waals surface area contributed by atoms with Crippen molar-refractivity contribution >= 4 is 17.5 Å². The lowest BCUT2D eigenvalue weighted by Crippen LogP contribution is -2.28. The molecule has 1 aliphatic carbocycles. The molecule has 1 aliphatic rings. The molecule has 0 heterocycles. The summed E-state index contributed by atoms with van der Waals surface area (Å²) in [4.78, 5) is 11.3. The molecule has 1 saturated carbocycles. The number of hydrogen-bond acceptors (Lipinski definition) is 3. The zero-order valence-corrected chi connectivity index (χ0v) is 20.7. The van der Waals surface area contributed by atoms with Gasteiger partial charge in [-0.25, -0.2) is 4.39 Å². The smallest absolute Gasteiger partial charge is 0.216 e. The van der Waals surface area contributed by atoms with Crippen LogP contribution in [0.15, 0.2) is 66.7 Å². The first-order valence-electron chi connectivity index (χ1n) is 12.1. The first kappa shape index (κ1) is 25.2. The summed E-state index contributed by atoms with van der Waals surface area (Å²) < 4.78 is 27.5. The molecule has 3 aromatic rings. The minimum absolute atomic E-state index is 0.0265. The van der Waals surface area contributed by atoms with E-state index in [1.807, 2.05) is 60.7 Å². The third-order valence-corrected chi connectivity index (χ3v) is 6.58. The summed E-state index contributed by atoms with van der Waals surface area (Å²) in [5.41, 5.74) is 3.41. The largest absolute Gasteiger partial charge is 0.490 e. The standard InChI is InChI=1S/C29H31ClFNO3/c1-20(33)32-16-15-27-28(22-5-3-2-4-6-22)17-26(18-29(27)31)35-25-13-11-24(12-14-25)34-19-21-7-9-23(30)10-8-21/h2-10,17-18,24-25H,11-16,19H2,1H3,(H,32,33). The van der Waals surface area contributed by atoms with Gasteiger partial charge >= 0.3 is 0 Å². The number of ether oxygens (including phenoxy) is 2. The van der Waals surface area contributed by atoms with E-state index in [1.54, 1.807) is 0 Å². The number of nitrogens with one attached hydrogen (secondary N) is 1. The summed E-state index contributed by atoms with van der Waals surface area (Å²) in [7, 11) is 0. The first-order valence-corrected chi connectivity index (χ1v) is 12.5. The number of hydrogen-bond donors (Lipinski definition) is 1. The van der Waals surface area contributed by atoms with Gasteiger partial charge in [-0.05, 0) is 72.6 Å². The molecule has 3 aromatic carbocycles. The van der Waals surface area contributed by atoms with E-state index in [1.165, 1.54) is 13.0 Å². The predicted octanol–water partition coefficient (Wildman–Crippen LogP) is 6.73. The molecule has 0 spiro atoms. The molecule has 0 radical (unpaired) electrons. The fourth-order valence-electron chi connectivity index (χ4n) is 4.48. The van der Waals surface area contributed by atoms with Gasteiger partial charge in [0, 0.05) is 24.6 Å². The van der Waals surface area contributed by atoms with Crippen LogP contribution in [0.2, 0.25) is 5.02 Å². The summed E-state index contributed by atoms with van der Waals surface area (Å²) in [6, 6.07) is 20.8. The number of carbonyl (C=O) groups is 1. The molecule has 1 amide bonds. The van der Waals surface area contributed by atoms with Crippen LogP contribution in [0, 0.1) is 5.82 Å². The minimum Gasteiger partial charge on any atom is -0.490 e. The van der Waals surface area contributed by atoms with Gasteiger partial charge in [0.05, 0.1) is 18.8 Å². The van der Waals surface area contributed by atoms with Gasteiger partial charge in [0.1, 0.15) is 11.6 Å². The molecule has 4 nitrogen and oxygen atoms in total. The van der Waals surface area contributed by atoms with Crippen molar-refractivity contribution in [1.29, 1.82) is 0 Å². The highest BCUT2D eigenvalue weighted by Gasteiger charge is 2.24. The number of carbonyl (C=O) groups excluding carboxylic acids is 1. The van der Waals surface area contributed by atoms with Gasteiger partial charge in [-0.15, -0.1) is 0 Å². The van der Waals surface area contributed by atoms with Crippen molar-refractivity contribution in [2.24, 2.45) is 0 Å². The van der Waals surface area contributed by atoms with Crippen molar-refractivity contribution in [3.05, 3.63) is 88.7 Å². The van der Waals surface area contributed by atoms with Crippen LogP contribution in [-0.4, -0.2) is 24.7 Å². The maximum Gasteiger partial charge on any atom is 0.216 e. The normalized spacial score (nSPS) is 17.7. The lowest BCUT2D eigenvalue weighted by molar-refractivity contribution is -0.118. The fourth-order valence-corrected chi connectivity index (χ4v) is 4.60. The van der Waals surface area contributed by atoms with Crippen LogP contribution in [0.5, 0.6) is 5.75 Å². The topological polar surface area (TPSA) is 47.6 Å². The number of rotatable bonds is 9. The zero-order chi connectivity index (χ0) is 24.6. The lowest BCUT2D eigenvalue weighted by Gasteiger charge is -2.29. The van der Waals surface area contributed by atoms with Crippen molar-refractivity contribution in [2.45, 2.75) is 57.8 Å². The fraction of sp³-hybridized carbons (Fsp3) is 0.345. The van der Waals surface area contributed by atoms with E-state index in [2.05, 4.69) is 5.32 Å². The molecule has 0 aromatic heterocycles. The maximum absolute atomic E-state index is 15.2. The van der Waals surface area contributed by atoms with Gasteiger partial charge in [-0.3, -0.25) is 4.79 Å². The lowest BCUT2D eigenvalue weighted by atomic mass is 9.94. The average Bonchev–Trinajstić information content (AvgIpc) is 2.86. The molecule has 0 atom stereocenters. The summed E-state index contributed by atoms with van der Waals surface area (Å²) in [5, 5.41) is 3.47. The van der Waals surface area contributed by atoms with E-state index in [9.17, 15) is 4.79 Å². The second kappa shape index (κ2) is 12.2. The van der Waals surface area contributed by atoms with Gasteiger partial charge in [0.25, 0.3) is 0 Å². The van der Waals surface area contributed by atoms with E-state index in [4.69, 9.17) is 21.1 Å². The molecular formula is C29H31ClFNO3. The summed E-state index contributed by atoms with van der Waals surface area (Å²) >= 11 is 5.95. The quantitative estimate of drug-likeness (QED) is 0.358. The number of amides is 1. The van der Waals surface area contributed by atoms with Crippen LogP contribution < -0.4 is 10.1 Å². The highest BCUT2D eigenvalue weighted by Crippen LogP contribution is 2.33. The average molecular weight is 496 g/mol. The molecule has 184 valence electrons. The Morgan fingerprint density at radius 1 is 1.00 bits per heavy atom. The Morgan fingerprint density at radius 3 is 2.37 bits per heavy atom. The van der Waals surface area contributed by atoms with Gasteiger partial charge in [0.2, 0.25) is 5.91 Å². The third-order valence-electron chi connectivity index (χ3n) is 6.33. The molecule has 35 heavy (non-hydrogen) atoms. The Balaban J connectivity index is 1.38. The Bertz CT molecular complexity index is 1110. The third kappa shape index (κ3) is 7.30. The Hall–Kier alpha value is -2.89. The Morgan fingerprint density at radius 2 is 1.69 bits per heavy atom. The van der Waals surface area contributed by atoms with E-state index < -0.39 is 0 Å². The van der Waals surface area contributed by atoms with Crippen molar-refractivity contribution in [3.8, 4) is 16.9 Å². The van der Waals surface area contributed by atoms with E-state index in [-0.39, 0.29) is 23.9 Å². The molecule has 1 fully saturated rings. The summed E-state index contributed by atoms with van der Waals surface area (Å²) in [5.74, 6) is 0.0984. The highest BCUT2D eigenvalue weighted by molar-refractivity contribution is 6.30. The van der Waals surface area contributed by atoms with Crippen molar-refractivity contribution in [3.63, 3.8) is 0 Å². The highest BCUT2D eigenvalue weighted by atomic mass is 35.5. The Kier molecular flexibility index (Phi) is 8.78. The van der Waals surface area contributed by atoms with E-state index in [0.29, 0.717) is 30.9 Å². The van der Waals surface area contributed by atoms with Crippen LogP contribution in [0.3, 0.4) is 0 Å². The van der Waals surface area contributed by atoms with Crippen LogP contribution >= 0.6 is 11.6 Å². The molecule has 4 rings (SSSR count). The van der Waals surface area contributed by atoms with Crippen molar-refractivity contribution < 1.29 is 18.7 Å². The van der Waals surface area contributed by atoms with E-state index in [0.717, 1.165) is 47.4 Å². The molecule has 0 aliphatic heterocycles. The number of halogens is 2. The molecular weight excluding hydrogens is 465 g/mol. The van der Waals surface area contributed by atoms with Gasteiger partial charge in [-0.1, -0.05) is 54.1 Å². The SMILES string of the molecule is CC(=O)NCCc1c(F)cc(OC2CCC(OCc3ccc(Cl)cc3)CC2)cc1-c1ccccc1. The molecule has 1 N–H and O–H groups in total. The molecule has 0 saturated heterocycles. The van der Waals surface area contributed by atoms with Crippen LogP contribution in [0.4, 0.5) is 4.39 Å². The Labute approximate surface area is 211 Å². The van der Waals surface area contributed by atoms with Gasteiger partial charge < -0.3 is 14.8 Å².